The van der Waals surface area contributed by atoms with Gasteiger partial charge < -0.3 is 9.47 Å². The van der Waals surface area contributed by atoms with Crippen molar-refractivity contribution in [2.75, 3.05) is 13.2 Å². The molecule has 0 saturated heterocycles. The van der Waals surface area contributed by atoms with E-state index in [-0.39, 0.29) is 5.56 Å². The van der Waals surface area contributed by atoms with Gasteiger partial charge in [-0.25, -0.2) is 9.38 Å². The molecule has 182 valence electrons. The normalized spacial score (nSPS) is 15.1. The van der Waals surface area contributed by atoms with Crippen LogP contribution in [0, 0.1) is 0 Å². The fourth-order valence-electron chi connectivity index (χ4n) is 5.07. The highest BCUT2D eigenvalue weighted by Gasteiger charge is 2.15. The molecule has 1 aliphatic carbocycles. The zero-order valence-corrected chi connectivity index (χ0v) is 20.9. The van der Waals surface area contributed by atoms with E-state index in [1.54, 1.807) is 4.40 Å². The van der Waals surface area contributed by atoms with Crippen molar-refractivity contribution in [3.63, 3.8) is 0 Å². The van der Waals surface area contributed by atoms with Crippen LogP contribution in [0.1, 0.15) is 49.1 Å². The van der Waals surface area contributed by atoms with Gasteiger partial charge in [-0.1, -0.05) is 73.1 Å². The average Bonchev–Trinajstić information content (AvgIpc) is 3.44. The maximum atomic E-state index is 13.1. The highest BCUT2D eigenvalue weighted by molar-refractivity contribution is 7.15. The van der Waals surface area contributed by atoms with Crippen molar-refractivity contribution < 1.29 is 9.47 Å². The fourth-order valence-corrected chi connectivity index (χ4v) is 6.05. The third-order valence-corrected chi connectivity index (χ3v) is 7.89. The molecule has 0 aliphatic heterocycles. The van der Waals surface area contributed by atoms with Gasteiger partial charge in [-0.3, -0.25) is 4.79 Å². The first-order chi connectivity index (χ1) is 17.8. The second-order valence-corrected chi connectivity index (χ2v) is 10.3. The summed E-state index contributed by atoms with van der Waals surface area (Å²) in [5.74, 6) is 2.29. The first-order valence-corrected chi connectivity index (χ1v) is 13.4. The molecular formula is C30H28N2O3S. The Morgan fingerprint density at radius 1 is 0.889 bits per heavy atom. The number of fused-ring (bicyclic) bond motifs is 3. The third kappa shape index (κ3) is 4.61. The van der Waals surface area contributed by atoms with Crippen LogP contribution in [0.15, 0.2) is 77.6 Å². The fraction of sp³-hybridized carbons (Fsp3) is 0.267. The van der Waals surface area contributed by atoms with Crippen molar-refractivity contribution in [3.8, 4) is 11.5 Å². The highest BCUT2D eigenvalue weighted by Crippen LogP contribution is 2.33. The molecule has 0 radical (unpaired) electrons. The molecule has 0 spiro atoms. The second kappa shape index (κ2) is 10.2. The van der Waals surface area contributed by atoms with Gasteiger partial charge in [0.15, 0.2) is 4.96 Å². The quantitative estimate of drug-likeness (QED) is 0.261. The van der Waals surface area contributed by atoms with Gasteiger partial charge >= 0.3 is 0 Å². The molecule has 5 nitrogen and oxygen atoms in total. The van der Waals surface area contributed by atoms with Gasteiger partial charge in [0.05, 0.1) is 15.6 Å². The van der Waals surface area contributed by atoms with E-state index in [9.17, 15) is 4.79 Å². The largest absolute Gasteiger partial charge is 0.490 e. The van der Waals surface area contributed by atoms with Crippen LogP contribution in [0.4, 0.5) is 0 Å². The number of nitrogens with zero attached hydrogens (tertiary/aromatic N) is 2. The number of thiazole rings is 1. The standard InChI is InChI=1S/C30H28N2O3S/c33-29-28(36-30-31-25-11-5-6-12-26(25)32(29)30)20-23-10-4-7-13-27(23)35-19-18-34-24-16-14-22(15-17-24)21-8-2-1-3-9-21/h4-7,10-17,20-21H,1-3,8-9,18-19H2/b28-20-. The number of ether oxygens (including phenoxy) is 2. The minimum Gasteiger partial charge on any atom is -0.490 e. The van der Waals surface area contributed by atoms with Crippen LogP contribution in [-0.2, 0) is 0 Å². The van der Waals surface area contributed by atoms with Crippen LogP contribution in [0.25, 0.3) is 22.1 Å². The lowest BCUT2D eigenvalue weighted by Crippen LogP contribution is -2.22. The van der Waals surface area contributed by atoms with Gasteiger partial charge in [0.2, 0.25) is 0 Å². The Bertz CT molecular complexity index is 1600. The van der Waals surface area contributed by atoms with E-state index < -0.39 is 0 Å². The summed E-state index contributed by atoms with van der Waals surface area (Å²) in [7, 11) is 0. The molecule has 0 bridgehead atoms. The van der Waals surface area contributed by atoms with Crippen LogP contribution in [-0.4, -0.2) is 22.6 Å². The van der Waals surface area contributed by atoms with Gasteiger partial charge in [0.1, 0.15) is 24.7 Å². The Labute approximate surface area is 213 Å². The summed E-state index contributed by atoms with van der Waals surface area (Å²) in [6.07, 6.45) is 8.53. The lowest BCUT2D eigenvalue weighted by atomic mass is 9.84. The van der Waals surface area contributed by atoms with Gasteiger partial charge in [-0.2, -0.15) is 0 Å². The van der Waals surface area contributed by atoms with Crippen molar-refractivity contribution in [1.29, 1.82) is 0 Å². The lowest BCUT2D eigenvalue weighted by Gasteiger charge is -2.22. The van der Waals surface area contributed by atoms with Crippen LogP contribution in [0.5, 0.6) is 11.5 Å². The summed E-state index contributed by atoms with van der Waals surface area (Å²) in [5.41, 5.74) is 3.90. The van der Waals surface area contributed by atoms with E-state index in [0.29, 0.717) is 28.6 Å². The van der Waals surface area contributed by atoms with Crippen molar-refractivity contribution in [3.05, 3.63) is 98.8 Å². The molecule has 0 amide bonds. The maximum Gasteiger partial charge on any atom is 0.274 e. The van der Waals surface area contributed by atoms with Crippen molar-refractivity contribution in [2.24, 2.45) is 0 Å². The monoisotopic (exact) mass is 496 g/mol. The van der Waals surface area contributed by atoms with Gasteiger partial charge in [0.25, 0.3) is 5.56 Å². The average molecular weight is 497 g/mol. The minimum absolute atomic E-state index is 0.0569. The van der Waals surface area contributed by atoms with Gasteiger partial charge in [-0.05, 0) is 60.7 Å². The predicted molar refractivity (Wildman–Crippen MR) is 145 cm³/mol. The summed E-state index contributed by atoms with van der Waals surface area (Å²) in [5, 5.41) is 0. The number of hydrogen-bond acceptors (Lipinski definition) is 5. The second-order valence-electron chi connectivity index (χ2n) is 9.27. The molecular weight excluding hydrogens is 468 g/mol. The smallest absolute Gasteiger partial charge is 0.274 e. The van der Waals surface area contributed by atoms with Gasteiger partial charge in [-0.15, -0.1) is 0 Å². The van der Waals surface area contributed by atoms with Crippen molar-refractivity contribution in [1.82, 2.24) is 9.38 Å². The van der Waals surface area contributed by atoms with E-state index in [1.165, 1.54) is 49.0 Å². The molecule has 0 atom stereocenters. The number of aromatic nitrogens is 2. The predicted octanol–water partition coefficient (Wildman–Crippen LogP) is 5.96. The van der Waals surface area contributed by atoms with Crippen LogP contribution >= 0.6 is 11.3 Å². The molecule has 1 saturated carbocycles. The molecule has 2 heterocycles. The molecule has 0 N–H and O–H groups in total. The molecule has 1 aliphatic rings. The maximum absolute atomic E-state index is 13.1. The summed E-state index contributed by atoms with van der Waals surface area (Å²) < 4.78 is 14.3. The molecule has 0 unspecified atom stereocenters. The number of rotatable bonds is 7. The Kier molecular flexibility index (Phi) is 6.43. The van der Waals surface area contributed by atoms with Crippen molar-refractivity contribution >= 4 is 33.4 Å². The topological polar surface area (TPSA) is 52.8 Å². The molecule has 2 aromatic heterocycles. The minimum atomic E-state index is -0.0569. The molecule has 6 rings (SSSR count). The Balaban J connectivity index is 1.13. The number of para-hydroxylation sites is 3. The summed E-state index contributed by atoms with van der Waals surface area (Å²) in [4.78, 5) is 18.4. The first-order valence-electron chi connectivity index (χ1n) is 12.6. The summed E-state index contributed by atoms with van der Waals surface area (Å²) >= 11 is 1.39. The SMILES string of the molecule is O=c1/c(=C/c2ccccc2OCCOc2ccc(C3CCCCC3)cc2)sc2nc3ccccc3n12. The Hall–Kier alpha value is -3.64. The Morgan fingerprint density at radius 3 is 2.50 bits per heavy atom. The van der Waals surface area contributed by atoms with E-state index in [2.05, 4.69) is 29.2 Å². The van der Waals surface area contributed by atoms with E-state index in [4.69, 9.17) is 9.47 Å². The molecule has 36 heavy (non-hydrogen) atoms. The molecule has 1 fully saturated rings. The highest BCUT2D eigenvalue weighted by atomic mass is 32.1. The van der Waals surface area contributed by atoms with E-state index >= 15 is 0 Å². The number of hydrogen-bond donors (Lipinski definition) is 0. The Morgan fingerprint density at radius 2 is 1.64 bits per heavy atom. The molecule has 6 heteroatoms. The lowest BCUT2D eigenvalue weighted by molar-refractivity contribution is 0.217. The zero-order chi connectivity index (χ0) is 24.3. The molecule has 3 aromatic carbocycles. The van der Waals surface area contributed by atoms with E-state index in [1.807, 2.05) is 54.6 Å². The third-order valence-electron chi connectivity index (χ3n) is 6.92. The number of benzene rings is 3. The number of imidazole rings is 1. The van der Waals surface area contributed by atoms with E-state index in [0.717, 1.165) is 28.1 Å². The van der Waals surface area contributed by atoms with Gasteiger partial charge in [0, 0.05) is 5.56 Å². The van der Waals surface area contributed by atoms with Crippen LogP contribution in [0.3, 0.4) is 0 Å². The molecule has 5 aromatic rings. The summed E-state index contributed by atoms with van der Waals surface area (Å²) in [6, 6.07) is 24.0. The first kappa shape index (κ1) is 22.8. The summed E-state index contributed by atoms with van der Waals surface area (Å²) in [6.45, 7) is 0.862. The van der Waals surface area contributed by atoms with Crippen LogP contribution < -0.4 is 19.6 Å². The van der Waals surface area contributed by atoms with Crippen molar-refractivity contribution in [2.45, 2.75) is 38.0 Å². The zero-order valence-electron chi connectivity index (χ0n) is 20.1. The van der Waals surface area contributed by atoms with Crippen LogP contribution in [0.2, 0.25) is 0 Å².